The van der Waals surface area contributed by atoms with Crippen LogP contribution in [0.4, 0.5) is 0 Å². The largest absolute Gasteiger partial charge is 0.348 e. The van der Waals surface area contributed by atoms with E-state index in [0.29, 0.717) is 24.8 Å². The molecule has 25 heavy (non-hydrogen) atoms. The Kier molecular flexibility index (Phi) is 7.65. The molecular formula is C18H35N5O2. The highest BCUT2D eigenvalue weighted by Gasteiger charge is 2.25. The molecule has 2 amide bonds. The fourth-order valence-corrected chi connectivity index (χ4v) is 3.32. The van der Waals surface area contributed by atoms with Gasteiger partial charge >= 0.3 is 0 Å². The van der Waals surface area contributed by atoms with Crippen molar-refractivity contribution in [1.29, 1.82) is 0 Å². The molecule has 0 aromatic heterocycles. The molecule has 0 unspecified atom stereocenters. The lowest BCUT2D eigenvalue weighted by atomic mass is 10.1. The SMILES string of the molecule is CC(C)CC(=O)N1CCN(CN2CCN(CC(=O)N(C)C)CC2)CC1. The lowest BCUT2D eigenvalue weighted by Crippen LogP contribution is -2.55. The predicted octanol–water partition coefficient (Wildman–Crippen LogP) is -0.160. The highest BCUT2D eigenvalue weighted by Crippen LogP contribution is 2.10. The van der Waals surface area contributed by atoms with Crippen molar-refractivity contribution in [3.63, 3.8) is 0 Å². The van der Waals surface area contributed by atoms with Gasteiger partial charge in [-0.3, -0.25) is 24.3 Å². The van der Waals surface area contributed by atoms with Crippen molar-refractivity contribution in [2.45, 2.75) is 20.3 Å². The smallest absolute Gasteiger partial charge is 0.236 e. The molecule has 2 fully saturated rings. The molecule has 0 aliphatic carbocycles. The van der Waals surface area contributed by atoms with Gasteiger partial charge in [-0.2, -0.15) is 0 Å². The second-order valence-electron chi connectivity index (χ2n) is 7.92. The maximum Gasteiger partial charge on any atom is 0.236 e. The van der Waals surface area contributed by atoms with E-state index in [1.54, 1.807) is 4.90 Å². The molecule has 2 saturated heterocycles. The van der Waals surface area contributed by atoms with Crippen molar-refractivity contribution in [2.24, 2.45) is 5.92 Å². The zero-order chi connectivity index (χ0) is 18.4. The van der Waals surface area contributed by atoms with Gasteiger partial charge in [0.2, 0.25) is 11.8 Å². The molecule has 2 rings (SSSR count). The van der Waals surface area contributed by atoms with Crippen molar-refractivity contribution < 1.29 is 9.59 Å². The van der Waals surface area contributed by atoms with Crippen molar-refractivity contribution in [2.75, 3.05) is 79.7 Å². The van der Waals surface area contributed by atoms with Gasteiger partial charge in [0.25, 0.3) is 0 Å². The molecule has 0 aromatic rings. The third kappa shape index (κ3) is 6.56. The van der Waals surface area contributed by atoms with Crippen LogP contribution in [-0.2, 0) is 9.59 Å². The molecule has 7 nitrogen and oxygen atoms in total. The van der Waals surface area contributed by atoms with Gasteiger partial charge in [0, 0.05) is 72.9 Å². The molecule has 0 saturated carbocycles. The van der Waals surface area contributed by atoms with Crippen LogP contribution in [-0.4, -0.2) is 116 Å². The number of piperazine rings is 2. The van der Waals surface area contributed by atoms with E-state index in [2.05, 4.69) is 28.5 Å². The summed E-state index contributed by atoms with van der Waals surface area (Å²) in [5, 5.41) is 0. The van der Waals surface area contributed by atoms with E-state index >= 15 is 0 Å². The summed E-state index contributed by atoms with van der Waals surface area (Å²) < 4.78 is 0. The van der Waals surface area contributed by atoms with E-state index in [1.807, 2.05) is 19.0 Å². The number of carbonyl (C=O) groups excluding carboxylic acids is 2. The van der Waals surface area contributed by atoms with E-state index in [4.69, 9.17) is 0 Å². The topological polar surface area (TPSA) is 50.3 Å². The zero-order valence-electron chi connectivity index (χ0n) is 16.4. The normalized spacial score (nSPS) is 20.9. The number of rotatable bonds is 6. The van der Waals surface area contributed by atoms with Crippen LogP contribution >= 0.6 is 0 Å². The number of nitrogens with zero attached hydrogens (tertiary/aromatic N) is 5. The number of likely N-dealkylation sites (N-methyl/N-ethyl adjacent to an activating group) is 1. The lowest BCUT2D eigenvalue weighted by Gasteiger charge is -2.40. The molecule has 2 aliphatic heterocycles. The Labute approximate surface area is 152 Å². The highest BCUT2D eigenvalue weighted by molar-refractivity contribution is 5.77. The Morgan fingerprint density at radius 3 is 1.80 bits per heavy atom. The summed E-state index contributed by atoms with van der Waals surface area (Å²) >= 11 is 0. The lowest BCUT2D eigenvalue weighted by molar-refractivity contribution is -0.134. The van der Waals surface area contributed by atoms with Crippen LogP contribution in [0.25, 0.3) is 0 Å². The van der Waals surface area contributed by atoms with Gasteiger partial charge in [0.15, 0.2) is 0 Å². The van der Waals surface area contributed by atoms with Crippen LogP contribution in [0.2, 0.25) is 0 Å². The summed E-state index contributed by atoms with van der Waals surface area (Å²) in [6.45, 7) is 13.2. The standard InChI is InChI=1S/C18H35N5O2/c1-16(2)13-17(24)23-11-9-22(10-12-23)15-21-7-5-20(6-8-21)14-18(25)19(3)4/h16H,5-15H2,1-4H3. The summed E-state index contributed by atoms with van der Waals surface area (Å²) in [5.74, 6) is 0.908. The van der Waals surface area contributed by atoms with Gasteiger partial charge in [-0.25, -0.2) is 0 Å². The fraction of sp³-hybridized carbons (Fsp3) is 0.889. The fourth-order valence-electron chi connectivity index (χ4n) is 3.32. The van der Waals surface area contributed by atoms with Gasteiger partial charge in [0.05, 0.1) is 13.2 Å². The minimum absolute atomic E-state index is 0.177. The molecule has 0 bridgehead atoms. The van der Waals surface area contributed by atoms with Crippen LogP contribution in [0.1, 0.15) is 20.3 Å². The van der Waals surface area contributed by atoms with Crippen LogP contribution in [0.5, 0.6) is 0 Å². The third-order valence-electron chi connectivity index (χ3n) is 5.03. The minimum Gasteiger partial charge on any atom is -0.348 e. The first-order chi connectivity index (χ1) is 11.8. The van der Waals surface area contributed by atoms with Crippen molar-refractivity contribution >= 4 is 11.8 Å². The summed E-state index contributed by atoms with van der Waals surface area (Å²) in [6, 6.07) is 0. The monoisotopic (exact) mass is 353 g/mol. The zero-order valence-corrected chi connectivity index (χ0v) is 16.4. The first-order valence-electron chi connectivity index (χ1n) is 9.50. The molecular weight excluding hydrogens is 318 g/mol. The average molecular weight is 354 g/mol. The Morgan fingerprint density at radius 2 is 1.32 bits per heavy atom. The number of carbonyl (C=O) groups is 2. The maximum absolute atomic E-state index is 12.1. The van der Waals surface area contributed by atoms with Crippen LogP contribution < -0.4 is 0 Å². The first kappa shape index (κ1) is 20.1. The molecule has 0 radical (unpaired) electrons. The van der Waals surface area contributed by atoms with Crippen molar-refractivity contribution in [3.8, 4) is 0 Å². The van der Waals surface area contributed by atoms with Gasteiger partial charge in [-0.05, 0) is 5.92 Å². The summed E-state index contributed by atoms with van der Waals surface area (Å²) in [4.78, 5) is 34.7. The Hall–Kier alpha value is -1.18. The van der Waals surface area contributed by atoms with E-state index in [0.717, 1.165) is 59.0 Å². The molecule has 0 aromatic carbocycles. The second kappa shape index (κ2) is 9.50. The number of hydrogen-bond acceptors (Lipinski definition) is 5. The Morgan fingerprint density at radius 1 is 0.840 bits per heavy atom. The predicted molar refractivity (Wildman–Crippen MR) is 99.2 cm³/mol. The average Bonchev–Trinajstić information content (AvgIpc) is 2.56. The maximum atomic E-state index is 12.1. The van der Waals surface area contributed by atoms with E-state index in [9.17, 15) is 9.59 Å². The summed E-state index contributed by atoms with van der Waals surface area (Å²) in [5.41, 5.74) is 0. The second-order valence-corrected chi connectivity index (χ2v) is 7.92. The summed E-state index contributed by atoms with van der Waals surface area (Å²) in [6.07, 6.45) is 0.660. The molecule has 144 valence electrons. The number of amides is 2. The Bertz CT molecular complexity index is 439. The van der Waals surface area contributed by atoms with E-state index in [-0.39, 0.29) is 5.91 Å². The third-order valence-corrected chi connectivity index (χ3v) is 5.03. The molecule has 2 aliphatic rings. The molecule has 0 N–H and O–H groups in total. The van der Waals surface area contributed by atoms with E-state index < -0.39 is 0 Å². The number of hydrogen-bond donors (Lipinski definition) is 0. The van der Waals surface area contributed by atoms with Gasteiger partial charge in [-0.15, -0.1) is 0 Å². The van der Waals surface area contributed by atoms with E-state index in [1.165, 1.54) is 0 Å². The first-order valence-corrected chi connectivity index (χ1v) is 9.50. The quantitative estimate of drug-likeness (QED) is 0.664. The van der Waals surface area contributed by atoms with Gasteiger partial charge in [-0.1, -0.05) is 13.8 Å². The molecule has 7 heteroatoms. The van der Waals surface area contributed by atoms with Crippen LogP contribution in [0.15, 0.2) is 0 Å². The van der Waals surface area contributed by atoms with Crippen molar-refractivity contribution in [3.05, 3.63) is 0 Å². The van der Waals surface area contributed by atoms with Gasteiger partial charge < -0.3 is 9.80 Å². The highest BCUT2D eigenvalue weighted by atomic mass is 16.2. The molecule has 0 spiro atoms. The van der Waals surface area contributed by atoms with Gasteiger partial charge in [0.1, 0.15) is 0 Å². The van der Waals surface area contributed by atoms with Crippen LogP contribution in [0.3, 0.4) is 0 Å². The minimum atomic E-state index is 0.177. The molecule has 0 atom stereocenters. The summed E-state index contributed by atoms with van der Waals surface area (Å²) in [7, 11) is 3.62. The Balaban J connectivity index is 1.65. The van der Waals surface area contributed by atoms with Crippen molar-refractivity contribution in [1.82, 2.24) is 24.5 Å². The molecule has 2 heterocycles. The van der Waals surface area contributed by atoms with Crippen LogP contribution in [0, 0.1) is 5.92 Å².